The molecule has 0 aliphatic rings. The maximum Gasteiger partial charge on any atom is 0.264 e. The molecule has 2 aromatic carbocycles. The van der Waals surface area contributed by atoms with Gasteiger partial charge in [-0.3, -0.25) is 9.63 Å². The lowest BCUT2D eigenvalue weighted by molar-refractivity contribution is -0.116. The molecule has 0 atom stereocenters. The lowest BCUT2D eigenvalue weighted by atomic mass is 10.1. The molecule has 0 bridgehead atoms. The smallest absolute Gasteiger partial charge is 0.264 e. The number of hydrogen-bond acceptors (Lipinski definition) is 4. The lowest BCUT2D eigenvalue weighted by Crippen LogP contribution is -2.25. The van der Waals surface area contributed by atoms with Gasteiger partial charge in [0, 0.05) is 29.2 Å². The van der Waals surface area contributed by atoms with E-state index in [0.717, 1.165) is 10.0 Å². The van der Waals surface area contributed by atoms with Gasteiger partial charge in [-0.05, 0) is 48.4 Å². The summed E-state index contributed by atoms with van der Waals surface area (Å²) in [6.45, 7) is 0. The van der Waals surface area contributed by atoms with Crippen molar-refractivity contribution in [3.8, 4) is 0 Å². The number of amides is 1. The lowest BCUT2D eigenvalue weighted by Gasteiger charge is -2.14. The summed E-state index contributed by atoms with van der Waals surface area (Å²) in [4.78, 5) is 16.8. The van der Waals surface area contributed by atoms with Crippen LogP contribution >= 0.6 is 23.2 Å². The first-order chi connectivity index (χ1) is 12.2. The molecule has 0 spiro atoms. The van der Waals surface area contributed by atoms with Crippen molar-refractivity contribution in [1.82, 2.24) is 4.47 Å². The number of benzene rings is 2. The van der Waals surface area contributed by atoms with E-state index >= 15 is 0 Å². The first-order valence-corrected chi connectivity index (χ1v) is 9.80. The highest BCUT2D eigenvalue weighted by Gasteiger charge is 2.20. The Balaban J connectivity index is 1.97. The van der Waals surface area contributed by atoms with Gasteiger partial charge in [0.2, 0.25) is 5.91 Å². The summed E-state index contributed by atoms with van der Waals surface area (Å²) in [5, 5.41) is 3.77. The van der Waals surface area contributed by atoms with Gasteiger partial charge in [0.25, 0.3) is 10.0 Å². The number of carbonyl (C=O) groups is 1. The molecule has 9 heteroatoms. The van der Waals surface area contributed by atoms with E-state index in [9.17, 15) is 13.2 Å². The number of anilines is 1. The minimum Gasteiger partial charge on any atom is -0.326 e. The SMILES string of the molecule is CON(C)S(=O)(=O)c1ccc(NC(=O)CCc2ccc(Cl)cc2Cl)cc1. The number of nitrogens with one attached hydrogen (secondary N) is 1. The van der Waals surface area contributed by atoms with Crippen molar-refractivity contribution in [1.29, 1.82) is 0 Å². The Morgan fingerprint density at radius 3 is 2.38 bits per heavy atom. The van der Waals surface area contributed by atoms with Crippen LogP contribution in [0.1, 0.15) is 12.0 Å². The summed E-state index contributed by atoms with van der Waals surface area (Å²) < 4.78 is 25.0. The molecule has 0 unspecified atom stereocenters. The van der Waals surface area contributed by atoms with Crippen LogP contribution in [0.4, 0.5) is 5.69 Å². The second-order valence-corrected chi connectivity index (χ2v) is 8.19. The number of nitrogens with zero attached hydrogens (tertiary/aromatic N) is 1. The Morgan fingerprint density at radius 1 is 1.15 bits per heavy atom. The summed E-state index contributed by atoms with van der Waals surface area (Å²) in [5.41, 5.74) is 1.33. The van der Waals surface area contributed by atoms with Crippen LogP contribution in [0.25, 0.3) is 0 Å². The van der Waals surface area contributed by atoms with E-state index in [2.05, 4.69) is 5.32 Å². The van der Waals surface area contributed by atoms with Gasteiger partial charge < -0.3 is 5.32 Å². The summed E-state index contributed by atoms with van der Waals surface area (Å²) in [7, 11) is -1.15. The number of halogens is 2. The van der Waals surface area contributed by atoms with E-state index in [1.807, 2.05) is 0 Å². The molecule has 0 aliphatic heterocycles. The van der Waals surface area contributed by atoms with Crippen LogP contribution < -0.4 is 5.32 Å². The van der Waals surface area contributed by atoms with E-state index in [0.29, 0.717) is 22.2 Å². The first-order valence-electron chi connectivity index (χ1n) is 7.61. The predicted molar refractivity (Wildman–Crippen MR) is 102 cm³/mol. The highest BCUT2D eigenvalue weighted by Crippen LogP contribution is 2.22. The summed E-state index contributed by atoms with van der Waals surface area (Å²) >= 11 is 11.9. The maximum absolute atomic E-state index is 12.1. The molecular formula is C17H18Cl2N2O4S. The molecular weight excluding hydrogens is 399 g/mol. The standard InChI is InChI=1S/C17H18Cl2N2O4S/c1-21(25-2)26(23,24)15-8-6-14(7-9-15)20-17(22)10-4-12-3-5-13(18)11-16(12)19/h3,5-9,11H,4,10H2,1-2H3,(H,20,22). The number of carbonyl (C=O) groups excluding carboxylic acids is 1. The van der Waals surface area contributed by atoms with E-state index in [4.69, 9.17) is 28.0 Å². The van der Waals surface area contributed by atoms with Crippen molar-refractivity contribution in [2.45, 2.75) is 17.7 Å². The summed E-state index contributed by atoms with van der Waals surface area (Å²) in [6, 6.07) is 11.0. The van der Waals surface area contributed by atoms with Crippen LogP contribution in [0.15, 0.2) is 47.4 Å². The van der Waals surface area contributed by atoms with Gasteiger partial charge in [0.15, 0.2) is 0 Å². The molecule has 0 saturated carbocycles. The zero-order valence-electron chi connectivity index (χ0n) is 14.2. The Kier molecular flexibility index (Phi) is 7.02. The van der Waals surface area contributed by atoms with Crippen LogP contribution in [-0.2, 0) is 26.1 Å². The van der Waals surface area contributed by atoms with Crippen molar-refractivity contribution in [2.24, 2.45) is 0 Å². The molecule has 0 fully saturated rings. The third kappa shape index (κ3) is 5.18. The van der Waals surface area contributed by atoms with Crippen molar-refractivity contribution in [3.05, 3.63) is 58.1 Å². The Labute approximate surface area is 162 Å². The molecule has 0 aliphatic carbocycles. The van der Waals surface area contributed by atoms with Crippen LogP contribution in [0.5, 0.6) is 0 Å². The van der Waals surface area contributed by atoms with Crippen LogP contribution in [0.2, 0.25) is 10.0 Å². The van der Waals surface area contributed by atoms with Gasteiger partial charge >= 0.3 is 0 Å². The van der Waals surface area contributed by atoms with Crippen LogP contribution in [0, 0.1) is 0 Å². The fourth-order valence-corrected chi connectivity index (χ4v) is 3.63. The average Bonchev–Trinajstić information content (AvgIpc) is 2.60. The van der Waals surface area contributed by atoms with Gasteiger partial charge in [-0.2, -0.15) is 0 Å². The minimum absolute atomic E-state index is 0.0628. The quantitative estimate of drug-likeness (QED) is 0.697. The third-order valence-electron chi connectivity index (χ3n) is 3.67. The molecule has 140 valence electrons. The molecule has 0 heterocycles. The van der Waals surface area contributed by atoms with E-state index < -0.39 is 10.0 Å². The normalized spacial score (nSPS) is 11.6. The zero-order valence-corrected chi connectivity index (χ0v) is 16.5. The van der Waals surface area contributed by atoms with E-state index in [1.54, 1.807) is 18.2 Å². The topological polar surface area (TPSA) is 75.7 Å². The summed E-state index contributed by atoms with van der Waals surface area (Å²) in [6.07, 6.45) is 0.695. The van der Waals surface area contributed by atoms with Gasteiger partial charge in [-0.15, -0.1) is 0 Å². The number of hydroxylamine groups is 1. The second-order valence-electron chi connectivity index (χ2n) is 5.41. The van der Waals surface area contributed by atoms with E-state index in [-0.39, 0.29) is 17.2 Å². The third-order valence-corrected chi connectivity index (χ3v) is 5.95. The average molecular weight is 417 g/mol. The number of aryl methyl sites for hydroxylation is 1. The first kappa shape index (κ1) is 20.7. The van der Waals surface area contributed by atoms with Gasteiger partial charge in [0.05, 0.1) is 12.0 Å². The van der Waals surface area contributed by atoms with E-state index in [1.165, 1.54) is 38.4 Å². The highest BCUT2D eigenvalue weighted by molar-refractivity contribution is 7.89. The molecule has 0 aromatic heterocycles. The number of rotatable bonds is 7. The largest absolute Gasteiger partial charge is 0.326 e. The molecule has 6 nitrogen and oxygen atoms in total. The van der Waals surface area contributed by atoms with Crippen LogP contribution in [-0.4, -0.2) is 33.0 Å². The van der Waals surface area contributed by atoms with Gasteiger partial charge in [0.1, 0.15) is 0 Å². The number of sulfonamides is 1. The minimum atomic E-state index is -3.72. The zero-order chi connectivity index (χ0) is 19.3. The van der Waals surface area contributed by atoms with Crippen molar-refractivity contribution in [2.75, 3.05) is 19.5 Å². The summed E-state index contributed by atoms with van der Waals surface area (Å²) in [5.74, 6) is -0.208. The monoisotopic (exact) mass is 416 g/mol. The Morgan fingerprint density at radius 2 is 1.81 bits per heavy atom. The van der Waals surface area contributed by atoms with Gasteiger partial charge in [-0.1, -0.05) is 33.7 Å². The molecule has 0 saturated heterocycles. The molecule has 1 amide bonds. The number of hydrogen-bond donors (Lipinski definition) is 1. The predicted octanol–water partition coefficient (Wildman–Crippen LogP) is 3.75. The Hall–Kier alpha value is -1.64. The molecule has 1 N–H and O–H groups in total. The molecule has 0 radical (unpaired) electrons. The molecule has 2 aromatic rings. The maximum atomic E-state index is 12.1. The highest BCUT2D eigenvalue weighted by atomic mass is 35.5. The molecule has 26 heavy (non-hydrogen) atoms. The van der Waals surface area contributed by atoms with Crippen molar-refractivity contribution in [3.63, 3.8) is 0 Å². The fourth-order valence-electron chi connectivity index (χ4n) is 2.15. The Bertz CT molecular complexity index is 886. The van der Waals surface area contributed by atoms with Crippen LogP contribution in [0.3, 0.4) is 0 Å². The van der Waals surface area contributed by atoms with Gasteiger partial charge in [-0.25, -0.2) is 8.42 Å². The van der Waals surface area contributed by atoms with Crippen molar-refractivity contribution < 1.29 is 18.0 Å². The second kappa shape index (κ2) is 8.83. The fraction of sp³-hybridized carbons (Fsp3) is 0.235. The molecule has 2 rings (SSSR count). The van der Waals surface area contributed by atoms with Crippen molar-refractivity contribution >= 4 is 44.8 Å².